The Kier molecular flexibility index (Phi) is 6.25. The van der Waals surface area contributed by atoms with Gasteiger partial charge in [0.05, 0.1) is 6.54 Å². The van der Waals surface area contributed by atoms with Crippen molar-refractivity contribution in [3.63, 3.8) is 0 Å². The zero-order chi connectivity index (χ0) is 15.9. The van der Waals surface area contributed by atoms with Crippen molar-refractivity contribution >= 4 is 29.1 Å². The Labute approximate surface area is 140 Å². The third-order valence-corrected chi connectivity index (χ3v) is 3.83. The molecule has 0 radical (unpaired) electrons. The summed E-state index contributed by atoms with van der Waals surface area (Å²) in [7, 11) is 1.91. The SMILES string of the molecule is CN(CC(=O)NCc1ccccc1Cl)Cc1ccc(Cl)cc1. The fraction of sp³-hybridized carbons (Fsp3) is 0.235. The van der Waals surface area contributed by atoms with Gasteiger partial charge in [-0.2, -0.15) is 0 Å². The van der Waals surface area contributed by atoms with Gasteiger partial charge in [0.15, 0.2) is 0 Å². The number of hydrogen-bond acceptors (Lipinski definition) is 2. The predicted octanol–water partition coefficient (Wildman–Crippen LogP) is 3.74. The lowest BCUT2D eigenvalue weighted by Gasteiger charge is -2.16. The van der Waals surface area contributed by atoms with Crippen molar-refractivity contribution in [1.82, 2.24) is 10.2 Å². The number of rotatable bonds is 6. The number of amides is 1. The minimum atomic E-state index is -0.0311. The van der Waals surface area contributed by atoms with E-state index in [2.05, 4.69) is 5.32 Å². The summed E-state index contributed by atoms with van der Waals surface area (Å²) in [6.07, 6.45) is 0. The molecule has 0 aliphatic heterocycles. The molecule has 5 heteroatoms. The number of hydrogen-bond donors (Lipinski definition) is 1. The lowest BCUT2D eigenvalue weighted by atomic mass is 10.2. The monoisotopic (exact) mass is 336 g/mol. The minimum absolute atomic E-state index is 0.0311. The molecule has 3 nitrogen and oxygen atoms in total. The molecule has 0 fully saturated rings. The van der Waals surface area contributed by atoms with E-state index in [9.17, 15) is 4.79 Å². The first-order valence-electron chi connectivity index (χ1n) is 6.97. The number of likely N-dealkylation sites (N-methyl/N-ethyl adjacent to an activating group) is 1. The van der Waals surface area contributed by atoms with Crippen LogP contribution >= 0.6 is 23.2 Å². The van der Waals surface area contributed by atoms with Crippen molar-refractivity contribution in [1.29, 1.82) is 0 Å². The molecular weight excluding hydrogens is 319 g/mol. The molecule has 0 bridgehead atoms. The fourth-order valence-corrected chi connectivity index (χ4v) is 2.42. The smallest absolute Gasteiger partial charge is 0.234 e. The number of halogens is 2. The summed E-state index contributed by atoms with van der Waals surface area (Å²) in [6, 6.07) is 15.1. The van der Waals surface area contributed by atoms with Crippen molar-refractivity contribution < 1.29 is 4.79 Å². The van der Waals surface area contributed by atoms with Crippen LogP contribution < -0.4 is 5.32 Å². The van der Waals surface area contributed by atoms with Gasteiger partial charge in [-0.1, -0.05) is 53.5 Å². The van der Waals surface area contributed by atoms with E-state index in [-0.39, 0.29) is 5.91 Å². The summed E-state index contributed by atoms with van der Waals surface area (Å²) in [5, 5.41) is 4.26. The van der Waals surface area contributed by atoms with Crippen molar-refractivity contribution in [2.75, 3.05) is 13.6 Å². The van der Waals surface area contributed by atoms with E-state index < -0.39 is 0 Å². The molecule has 116 valence electrons. The normalized spacial score (nSPS) is 10.7. The second kappa shape index (κ2) is 8.18. The van der Waals surface area contributed by atoms with Gasteiger partial charge < -0.3 is 5.32 Å². The summed E-state index contributed by atoms with van der Waals surface area (Å²) >= 11 is 11.9. The molecule has 1 N–H and O–H groups in total. The quantitative estimate of drug-likeness (QED) is 0.871. The average molecular weight is 337 g/mol. The highest BCUT2D eigenvalue weighted by Crippen LogP contribution is 2.14. The van der Waals surface area contributed by atoms with Crippen LogP contribution in [0.1, 0.15) is 11.1 Å². The summed E-state index contributed by atoms with van der Waals surface area (Å²) in [4.78, 5) is 13.9. The Hall–Kier alpha value is -1.55. The Bertz CT molecular complexity index is 629. The molecule has 0 aliphatic carbocycles. The van der Waals surface area contributed by atoms with Crippen LogP contribution in [-0.2, 0) is 17.9 Å². The predicted molar refractivity (Wildman–Crippen MR) is 91.1 cm³/mol. The van der Waals surface area contributed by atoms with Gasteiger partial charge >= 0.3 is 0 Å². The van der Waals surface area contributed by atoms with Gasteiger partial charge in [-0.25, -0.2) is 0 Å². The van der Waals surface area contributed by atoms with E-state index in [0.717, 1.165) is 11.1 Å². The molecule has 0 atom stereocenters. The minimum Gasteiger partial charge on any atom is -0.351 e. The lowest BCUT2D eigenvalue weighted by molar-refractivity contribution is -0.122. The standard InChI is InChI=1S/C17H18Cl2N2O/c1-21(11-13-6-8-15(18)9-7-13)12-17(22)20-10-14-4-2-3-5-16(14)19/h2-9H,10-12H2,1H3,(H,20,22). The van der Waals surface area contributed by atoms with E-state index >= 15 is 0 Å². The third kappa shape index (κ3) is 5.34. The number of nitrogens with zero attached hydrogens (tertiary/aromatic N) is 1. The fourth-order valence-electron chi connectivity index (χ4n) is 2.09. The van der Waals surface area contributed by atoms with Crippen LogP contribution in [0.2, 0.25) is 10.0 Å². The molecule has 0 unspecified atom stereocenters. The molecular formula is C17H18Cl2N2O. The highest BCUT2D eigenvalue weighted by molar-refractivity contribution is 6.31. The van der Waals surface area contributed by atoms with Crippen LogP contribution in [0, 0.1) is 0 Å². The van der Waals surface area contributed by atoms with Gasteiger partial charge in [0.1, 0.15) is 0 Å². The van der Waals surface area contributed by atoms with Crippen molar-refractivity contribution in [3.05, 3.63) is 69.7 Å². The van der Waals surface area contributed by atoms with Crippen LogP contribution in [0.25, 0.3) is 0 Å². The number of carbonyl (C=O) groups is 1. The average Bonchev–Trinajstić information content (AvgIpc) is 2.49. The van der Waals surface area contributed by atoms with Crippen LogP contribution in [-0.4, -0.2) is 24.4 Å². The molecule has 0 aromatic heterocycles. The van der Waals surface area contributed by atoms with E-state index in [0.29, 0.717) is 29.7 Å². The molecule has 0 heterocycles. The highest BCUT2D eigenvalue weighted by Gasteiger charge is 2.08. The number of nitrogens with one attached hydrogen (secondary N) is 1. The Morgan fingerprint density at radius 1 is 1.09 bits per heavy atom. The first kappa shape index (κ1) is 16.8. The first-order valence-corrected chi connectivity index (χ1v) is 7.73. The Balaban J connectivity index is 1.79. The number of benzene rings is 2. The lowest BCUT2D eigenvalue weighted by Crippen LogP contribution is -2.34. The van der Waals surface area contributed by atoms with Gasteiger partial charge in [0.2, 0.25) is 5.91 Å². The molecule has 0 saturated carbocycles. The Morgan fingerprint density at radius 2 is 1.77 bits per heavy atom. The number of carbonyl (C=O) groups excluding carboxylic acids is 1. The van der Waals surface area contributed by atoms with Crippen molar-refractivity contribution in [2.24, 2.45) is 0 Å². The van der Waals surface area contributed by atoms with E-state index in [1.807, 2.05) is 60.5 Å². The molecule has 2 rings (SSSR count). The second-order valence-corrected chi connectivity index (χ2v) is 6.01. The molecule has 0 saturated heterocycles. The van der Waals surface area contributed by atoms with Gasteiger partial charge in [-0.3, -0.25) is 9.69 Å². The van der Waals surface area contributed by atoms with Crippen LogP contribution in [0.5, 0.6) is 0 Å². The molecule has 2 aromatic rings. The van der Waals surface area contributed by atoms with Crippen LogP contribution in [0.15, 0.2) is 48.5 Å². The zero-order valence-corrected chi connectivity index (χ0v) is 13.9. The van der Waals surface area contributed by atoms with Crippen molar-refractivity contribution in [2.45, 2.75) is 13.1 Å². The molecule has 0 aliphatic rings. The summed E-state index contributed by atoms with van der Waals surface area (Å²) in [5.74, 6) is -0.0311. The molecule has 1 amide bonds. The molecule has 22 heavy (non-hydrogen) atoms. The van der Waals surface area contributed by atoms with Gasteiger partial charge in [-0.05, 0) is 36.4 Å². The van der Waals surface area contributed by atoms with E-state index in [1.54, 1.807) is 0 Å². The van der Waals surface area contributed by atoms with Crippen LogP contribution in [0.4, 0.5) is 0 Å². The maximum absolute atomic E-state index is 12.0. The highest BCUT2D eigenvalue weighted by atomic mass is 35.5. The van der Waals surface area contributed by atoms with Gasteiger partial charge in [0.25, 0.3) is 0 Å². The zero-order valence-electron chi connectivity index (χ0n) is 12.4. The molecule has 2 aromatic carbocycles. The van der Waals surface area contributed by atoms with E-state index in [4.69, 9.17) is 23.2 Å². The Morgan fingerprint density at radius 3 is 2.45 bits per heavy atom. The van der Waals surface area contributed by atoms with E-state index in [1.165, 1.54) is 0 Å². The summed E-state index contributed by atoms with van der Waals surface area (Å²) in [5.41, 5.74) is 2.03. The largest absolute Gasteiger partial charge is 0.351 e. The van der Waals surface area contributed by atoms with Gasteiger partial charge in [-0.15, -0.1) is 0 Å². The first-order chi connectivity index (χ1) is 10.5. The summed E-state index contributed by atoms with van der Waals surface area (Å²) < 4.78 is 0. The maximum atomic E-state index is 12.0. The third-order valence-electron chi connectivity index (χ3n) is 3.21. The second-order valence-electron chi connectivity index (χ2n) is 5.17. The van der Waals surface area contributed by atoms with Crippen LogP contribution in [0.3, 0.4) is 0 Å². The van der Waals surface area contributed by atoms with Gasteiger partial charge in [0, 0.05) is 23.1 Å². The maximum Gasteiger partial charge on any atom is 0.234 e. The van der Waals surface area contributed by atoms with Crippen molar-refractivity contribution in [3.8, 4) is 0 Å². The summed E-state index contributed by atoms with van der Waals surface area (Å²) in [6.45, 7) is 1.46. The molecule has 0 spiro atoms. The topological polar surface area (TPSA) is 32.3 Å².